The number of allylic oxidation sites excluding steroid dienone is 3. The van der Waals surface area contributed by atoms with E-state index in [1.54, 1.807) is 6.20 Å². The zero-order valence-corrected chi connectivity index (χ0v) is 15.6. The molecule has 0 fully saturated rings. The van der Waals surface area contributed by atoms with Gasteiger partial charge in [0.1, 0.15) is 12.4 Å². The lowest BCUT2D eigenvalue weighted by Crippen LogP contribution is -2.04. The summed E-state index contributed by atoms with van der Waals surface area (Å²) in [4.78, 5) is 4.30. The van der Waals surface area contributed by atoms with Crippen molar-refractivity contribution in [2.45, 2.75) is 53.1 Å². The minimum absolute atomic E-state index is 0.486. The van der Waals surface area contributed by atoms with Crippen LogP contribution in [0.25, 0.3) is 0 Å². The third-order valence-electron chi connectivity index (χ3n) is 4.01. The smallest absolute Gasteiger partial charge is 0.194 e. The average molecular weight is 339 g/mol. The van der Waals surface area contributed by atoms with Crippen molar-refractivity contribution in [3.63, 3.8) is 0 Å². The van der Waals surface area contributed by atoms with Gasteiger partial charge in [-0.1, -0.05) is 56.3 Å². The van der Waals surface area contributed by atoms with Gasteiger partial charge in [-0.05, 0) is 37.3 Å². The topological polar surface area (TPSA) is 35.3 Å². The summed E-state index contributed by atoms with van der Waals surface area (Å²) < 4.78 is 11.5. The molecule has 3 rings (SSSR count). The van der Waals surface area contributed by atoms with Crippen LogP contribution < -0.4 is 0 Å². The summed E-state index contributed by atoms with van der Waals surface area (Å²) in [6.07, 6.45) is 12.3. The number of aryl methyl sites for hydroxylation is 1. The van der Waals surface area contributed by atoms with Gasteiger partial charge < -0.3 is 9.15 Å². The minimum atomic E-state index is 0.486. The van der Waals surface area contributed by atoms with E-state index in [-0.39, 0.29) is 0 Å². The van der Waals surface area contributed by atoms with E-state index in [4.69, 9.17) is 9.15 Å². The molecule has 3 nitrogen and oxygen atoms in total. The van der Waals surface area contributed by atoms with Gasteiger partial charge in [0, 0.05) is 12.8 Å². The normalized spacial score (nSPS) is 20.3. The Morgan fingerprint density at radius 1 is 1.20 bits per heavy atom. The summed E-state index contributed by atoms with van der Waals surface area (Å²) in [7, 11) is 0. The Morgan fingerprint density at radius 2 is 2.00 bits per heavy atom. The standard InChI is InChI=1S/C20H23NO2.C2H6/c1-16-14-21-20(23-16)13-17-9-5-11-19(12-6-10-17)22-15-18-7-3-2-4-8-18;1-2/h2-5,7-9,12,14,17H,6,10-11,13,15H2,1H3;1-2H3/b9-5-,19-12+;. The Hall–Kier alpha value is -2.29. The van der Waals surface area contributed by atoms with Crippen LogP contribution >= 0.6 is 0 Å². The second kappa shape index (κ2) is 10.5. The largest absolute Gasteiger partial charge is 0.493 e. The van der Waals surface area contributed by atoms with Gasteiger partial charge in [0.15, 0.2) is 5.89 Å². The molecule has 1 aromatic heterocycles. The number of ether oxygens (including phenoxy) is 1. The first kappa shape index (κ1) is 19.0. The monoisotopic (exact) mass is 339 g/mol. The zero-order valence-electron chi connectivity index (χ0n) is 15.6. The fraction of sp³-hybridized carbons (Fsp3) is 0.409. The number of rotatable bonds is 5. The lowest BCUT2D eigenvalue weighted by atomic mass is 9.96. The average Bonchev–Trinajstić information content (AvgIpc) is 3.04. The van der Waals surface area contributed by atoms with Crippen molar-refractivity contribution in [2.75, 3.05) is 0 Å². The van der Waals surface area contributed by atoms with E-state index in [2.05, 4.69) is 35.3 Å². The molecule has 3 heteroatoms. The highest BCUT2D eigenvalue weighted by molar-refractivity contribution is 5.14. The van der Waals surface area contributed by atoms with Gasteiger partial charge in [0.05, 0.1) is 12.0 Å². The molecule has 1 aliphatic rings. The lowest BCUT2D eigenvalue weighted by molar-refractivity contribution is 0.192. The van der Waals surface area contributed by atoms with Crippen molar-refractivity contribution in [3.8, 4) is 0 Å². The Morgan fingerprint density at radius 3 is 2.72 bits per heavy atom. The van der Waals surface area contributed by atoms with E-state index in [0.717, 1.165) is 43.1 Å². The van der Waals surface area contributed by atoms with E-state index in [1.807, 2.05) is 39.0 Å². The quantitative estimate of drug-likeness (QED) is 0.626. The summed E-state index contributed by atoms with van der Waals surface area (Å²) in [6, 6.07) is 10.3. The predicted octanol–water partition coefficient (Wildman–Crippen LogP) is 6.01. The van der Waals surface area contributed by atoms with Gasteiger partial charge in [-0.3, -0.25) is 0 Å². The van der Waals surface area contributed by atoms with Gasteiger partial charge in [-0.15, -0.1) is 0 Å². The fourth-order valence-electron chi connectivity index (χ4n) is 2.77. The fourth-order valence-corrected chi connectivity index (χ4v) is 2.77. The van der Waals surface area contributed by atoms with Crippen molar-refractivity contribution >= 4 is 0 Å². The Bertz CT molecular complexity index is 670. The molecule has 1 aromatic carbocycles. The summed E-state index contributed by atoms with van der Waals surface area (Å²) >= 11 is 0. The third-order valence-corrected chi connectivity index (χ3v) is 4.01. The van der Waals surface area contributed by atoms with Gasteiger partial charge in [-0.25, -0.2) is 4.98 Å². The summed E-state index contributed by atoms with van der Waals surface area (Å²) in [5.74, 6) is 3.27. The van der Waals surface area contributed by atoms with Crippen LogP contribution in [0.15, 0.2) is 64.9 Å². The number of benzene rings is 1. The Kier molecular flexibility index (Phi) is 8.03. The summed E-state index contributed by atoms with van der Waals surface area (Å²) in [5.41, 5.74) is 1.21. The van der Waals surface area contributed by atoms with Gasteiger partial charge >= 0.3 is 0 Å². The molecular formula is C22H29NO2. The van der Waals surface area contributed by atoms with Gasteiger partial charge in [-0.2, -0.15) is 0 Å². The van der Waals surface area contributed by atoms with Crippen LogP contribution in [0.3, 0.4) is 0 Å². The predicted molar refractivity (Wildman–Crippen MR) is 102 cm³/mol. The minimum Gasteiger partial charge on any atom is -0.493 e. The summed E-state index contributed by atoms with van der Waals surface area (Å²) in [6.45, 7) is 6.57. The molecule has 0 amide bonds. The van der Waals surface area contributed by atoms with Crippen LogP contribution in [0.5, 0.6) is 0 Å². The van der Waals surface area contributed by atoms with Crippen LogP contribution in [0.2, 0.25) is 0 Å². The molecule has 0 N–H and O–H groups in total. The maximum atomic E-state index is 5.94. The molecular weight excluding hydrogens is 310 g/mol. The van der Waals surface area contributed by atoms with Crippen LogP contribution in [0, 0.1) is 12.8 Å². The molecule has 2 aromatic rings. The first-order valence-electron chi connectivity index (χ1n) is 9.23. The maximum absolute atomic E-state index is 5.94. The highest BCUT2D eigenvalue weighted by Crippen LogP contribution is 2.21. The third kappa shape index (κ3) is 6.61. The van der Waals surface area contributed by atoms with Gasteiger partial charge in [0.2, 0.25) is 0 Å². The number of aromatic nitrogens is 1. The molecule has 0 radical (unpaired) electrons. The SMILES string of the molecule is CC.Cc1cnc(CC2/C=C\C/C(OCc3ccccc3)=C\CC2)o1. The second-order valence-electron chi connectivity index (χ2n) is 5.98. The molecule has 1 atom stereocenters. The van der Waals surface area contributed by atoms with E-state index >= 15 is 0 Å². The molecule has 1 aliphatic carbocycles. The highest BCUT2D eigenvalue weighted by atomic mass is 16.5. The van der Waals surface area contributed by atoms with Crippen LogP contribution in [0.1, 0.15) is 50.3 Å². The molecule has 0 spiro atoms. The van der Waals surface area contributed by atoms with Crippen LogP contribution in [-0.2, 0) is 17.8 Å². The number of hydrogen-bond acceptors (Lipinski definition) is 3. The van der Waals surface area contributed by atoms with E-state index in [1.165, 1.54) is 5.56 Å². The van der Waals surface area contributed by atoms with Crippen molar-refractivity contribution < 1.29 is 9.15 Å². The molecule has 0 bridgehead atoms. The Labute approximate surface area is 151 Å². The van der Waals surface area contributed by atoms with Crippen molar-refractivity contribution in [1.82, 2.24) is 4.98 Å². The molecule has 134 valence electrons. The first-order valence-corrected chi connectivity index (χ1v) is 9.23. The number of nitrogens with zero attached hydrogens (tertiary/aromatic N) is 1. The summed E-state index contributed by atoms with van der Waals surface area (Å²) in [5, 5.41) is 0. The van der Waals surface area contributed by atoms with E-state index in [9.17, 15) is 0 Å². The number of oxazole rings is 1. The first-order chi connectivity index (χ1) is 12.3. The van der Waals surface area contributed by atoms with Crippen molar-refractivity contribution in [1.29, 1.82) is 0 Å². The van der Waals surface area contributed by atoms with Crippen molar-refractivity contribution in [2.24, 2.45) is 5.92 Å². The maximum Gasteiger partial charge on any atom is 0.194 e. The van der Waals surface area contributed by atoms with Gasteiger partial charge in [0.25, 0.3) is 0 Å². The van der Waals surface area contributed by atoms with Crippen molar-refractivity contribution in [3.05, 3.63) is 77.7 Å². The molecule has 1 unspecified atom stereocenters. The lowest BCUT2D eigenvalue weighted by Gasteiger charge is -2.15. The van der Waals surface area contributed by atoms with Crippen LogP contribution in [-0.4, -0.2) is 4.98 Å². The zero-order chi connectivity index (χ0) is 17.9. The van der Waals surface area contributed by atoms with E-state index in [0.29, 0.717) is 12.5 Å². The molecule has 25 heavy (non-hydrogen) atoms. The molecule has 1 heterocycles. The Balaban J connectivity index is 0.00000109. The molecule has 0 saturated carbocycles. The number of hydrogen-bond donors (Lipinski definition) is 0. The van der Waals surface area contributed by atoms with Crippen LogP contribution in [0.4, 0.5) is 0 Å². The second-order valence-corrected chi connectivity index (χ2v) is 5.98. The molecule has 0 saturated heterocycles. The highest BCUT2D eigenvalue weighted by Gasteiger charge is 2.12. The molecule has 0 aliphatic heterocycles. The van der Waals surface area contributed by atoms with E-state index < -0.39 is 0 Å².